The van der Waals surface area contributed by atoms with Crippen molar-refractivity contribution in [3.05, 3.63) is 32.9 Å². The van der Waals surface area contributed by atoms with Crippen LogP contribution in [-0.2, 0) is 0 Å². The highest BCUT2D eigenvalue weighted by Gasteiger charge is 2.17. The molecule has 1 saturated carbocycles. The van der Waals surface area contributed by atoms with Gasteiger partial charge in [-0.15, -0.1) is 0 Å². The first-order valence-corrected chi connectivity index (χ1v) is 5.19. The molecular formula is C10H13FN2O2. The lowest BCUT2D eigenvalue weighted by Crippen LogP contribution is -2.34. The minimum Gasteiger partial charge on any atom is -0.295 e. The van der Waals surface area contributed by atoms with Crippen molar-refractivity contribution in [2.24, 2.45) is 0 Å². The van der Waals surface area contributed by atoms with Crippen molar-refractivity contribution in [2.45, 2.75) is 38.1 Å². The van der Waals surface area contributed by atoms with Gasteiger partial charge in [-0.2, -0.15) is 4.39 Å². The van der Waals surface area contributed by atoms with Crippen molar-refractivity contribution in [3.63, 3.8) is 0 Å². The van der Waals surface area contributed by atoms with Crippen LogP contribution in [0.1, 0.15) is 38.1 Å². The molecule has 1 aliphatic rings. The molecule has 1 aromatic heterocycles. The van der Waals surface area contributed by atoms with E-state index in [4.69, 9.17) is 0 Å². The molecule has 0 unspecified atom stereocenters. The minimum atomic E-state index is -0.938. The van der Waals surface area contributed by atoms with Gasteiger partial charge in [0, 0.05) is 6.04 Å². The Labute approximate surface area is 85.8 Å². The Morgan fingerprint density at radius 1 is 1.27 bits per heavy atom. The standard InChI is InChI=1S/C10H13FN2O2/c11-8-6-13(10(15)12-9(8)14)7-4-2-1-3-5-7/h6-7H,1-5H2,(H,12,14,15). The van der Waals surface area contributed by atoms with Crippen molar-refractivity contribution >= 4 is 0 Å². The fraction of sp³-hybridized carbons (Fsp3) is 0.600. The molecule has 1 aliphatic carbocycles. The summed E-state index contributed by atoms with van der Waals surface area (Å²) < 4.78 is 14.3. The van der Waals surface area contributed by atoms with Gasteiger partial charge in [0.05, 0.1) is 6.20 Å². The largest absolute Gasteiger partial charge is 0.328 e. The molecule has 0 atom stereocenters. The van der Waals surface area contributed by atoms with Crippen LogP contribution in [0.5, 0.6) is 0 Å². The fourth-order valence-electron chi connectivity index (χ4n) is 2.09. The van der Waals surface area contributed by atoms with Crippen molar-refractivity contribution in [1.29, 1.82) is 0 Å². The molecule has 1 aromatic rings. The Balaban J connectivity index is 2.39. The van der Waals surface area contributed by atoms with Crippen molar-refractivity contribution < 1.29 is 4.39 Å². The van der Waals surface area contributed by atoms with Gasteiger partial charge >= 0.3 is 5.69 Å². The maximum atomic E-state index is 13.0. The van der Waals surface area contributed by atoms with Gasteiger partial charge in [0.2, 0.25) is 5.82 Å². The van der Waals surface area contributed by atoms with Gasteiger partial charge in [0.1, 0.15) is 0 Å². The fourth-order valence-corrected chi connectivity index (χ4v) is 2.09. The molecule has 0 amide bonds. The zero-order chi connectivity index (χ0) is 10.8. The highest BCUT2D eigenvalue weighted by molar-refractivity contribution is 4.90. The van der Waals surface area contributed by atoms with E-state index in [0.717, 1.165) is 38.3 Å². The third-order valence-corrected chi connectivity index (χ3v) is 2.89. The maximum Gasteiger partial charge on any atom is 0.328 e. The van der Waals surface area contributed by atoms with Crippen LogP contribution in [0, 0.1) is 5.82 Å². The number of aromatic amines is 1. The number of hydrogen-bond acceptors (Lipinski definition) is 2. The monoisotopic (exact) mass is 212 g/mol. The smallest absolute Gasteiger partial charge is 0.295 e. The molecule has 15 heavy (non-hydrogen) atoms. The quantitative estimate of drug-likeness (QED) is 0.760. The maximum absolute atomic E-state index is 13.0. The van der Waals surface area contributed by atoms with Gasteiger partial charge in [-0.05, 0) is 12.8 Å². The van der Waals surface area contributed by atoms with E-state index in [9.17, 15) is 14.0 Å². The Bertz CT molecular complexity index is 457. The topological polar surface area (TPSA) is 54.9 Å². The van der Waals surface area contributed by atoms with Gasteiger partial charge in [-0.1, -0.05) is 19.3 Å². The van der Waals surface area contributed by atoms with Crippen LogP contribution in [-0.4, -0.2) is 9.55 Å². The molecular weight excluding hydrogens is 199 g/mol. The zero-order valence-electron chi connectivity index (χ0n) is 8.33. The number of hydrogen-bond donors (Lipinski definition) is 1. The molecule has 4 nitrogen and oxygen atoms in total. The van der Waals surface area contributed by atoms with Crippen molar-refractivity contribution in [3.8, 4) is 0 Å². The lowest BCUT2D eigenvalue weighted by Gasteiger charge is -2.23. The highest BCUT2D eigenvalue weighted by atomic mass is 19.1. The summed E-state index contributed by atoms with van der Waals surface area (Å²) in [5.74, 6) is -0.889. The SMILES string of the molecule is O=c1[nH]c(=O)n(C2CCCCC2)cc1F. The van der Waals surface area contributed by atoms with E-state index in [1.807, 2.05) is 4.98 Å². The van der Waals surface area contributed by atoms with Crippen LogP contribution < -0.4 is 11.2 Å². The summed E-state index contributed by atoms with van der Waals surface area (Å²) in [5.41, 5.74) is -1.44. The second-order valence-corrected chi connectivity index (χ2v) is 3.94. The van der Waals surface area contributed by atoms with E-state index in [1.165, 1.54) is 4.57 Å². The van der Waals surface area contributed by atoms with Crippen molar-refractivity contribution in [1.82, 2.24) is 9.55 Å². The summed E-state index contributed by atoms with van der Waals surface area (Å²) in [6, 6.07) is 0.0394. The summed E-state index contributed by atoms with van der Waals surface area (Å²) >= 11 is 0. The molecule has 82 valence electrons. The van der Waals surface area contributed by atoms with Gasteiger partial charge in [-0.25, -0.2) is 4.79 Å². The lowest BCUT2D eigenvalue weighted by atomic mass is 9.95. The first kappa shape index (κ1) is 10.1. The average Bonchev–Trinajstić information content (AvgIpc) is 2.25. The third kappa shape index (κ3) is 2.00. The Morgan fingerprint density at radius 2 is 1.93 bits per heavy atom. The van der Waals surface area contributed by atoms with Gasteiger partial charge in [0.25, 0.3) is 5.56 Å². The Kier molecular flexibility index (Phi) is 2.70. The molecule has 0 radical (unpaired) electrons. The highest BCUT2D eigenvalue weighted by Crippen LogP contribution is 2.26. The van der Waals surface area contributed by atoms with E-state index in [2.05, 4.69) is 0 Å². The first-order valence-electron chi connectivity index (χ1n) is 5.19. The second kappa shape index (κ2) is 4.00. The summed E-state index contributed by atoms with van der Waals surface area (Å²) in [7, 11) is 0. The van der Waals surface area contributed by atoms with E-state index >= 15 is 0 Å². The van der Waals surface area contributed by atoms with Crippen LogP contribution in [0.4, 0.5) is 4.39 Å². The molecule has 0 aliphatic heterocycles. The number of nitrogens with zero attached hydrogens (tertiary/aromatic N) is 1. The summed E-state index contributed by atoms with van der Waals surface area (Å²) in [6.07, 6.45) is 6.06. The van der Waals surface area contributed by atoms with E-state index in [1.54, 1.807) is 0 Å². The first-order chi connectivity index (χ1) is 7.18. The van der Waals surface area contributed by atoms with Crippen molar-refractivity contribution in [2.75, 3.05) is 0 Å². The number of aromatic nitrogens is 2. The average molecular weight is 212 g/mol. The molecule has 0 aromatic carbocycles. The molecule has 1 heterocycles. The van der Waals surface area contributed by atoms with Crippen LogP contribution in [0.25, 0.3) is 0 Å². The van der Waals surface area contributed by atoms with Crippen LogP contribution in [0.2, 0.25) is 0 Å². The lowest BCUT2D eigenvalue weighted by molar-refractivity contribution is 0.336. The Morgan fingerprint density at radius 3 is 2.60 bits per heavy atom. The third-order valence-electron chi connectivity index (χ3n) is 2.89. The Hall–Kier alpha value is -1.39. The predicted octanol–water partition coefficient (Wildman–Crippen LogP) is 1.18. The zero-order valence-corrected chi connectivity index (χ0v) is 8.33. The van der Waals surface area contributed by atoms with Crippen LogP contribution >= 0.6 is 0 Å². The van der Waals surface area contributed by atoms with E-state index in [-0.39, 0.29) is 6.04 Å². The molecule has 1 N–H and O–H groups in total. The van der Waals surface area contributed by atoms with E-state index < -0.39 is 17.1 Å². The van der Waals surface area contributed by atoms with Crippen LogP contribution in [0.15, 0.2) is 15.8 Å². The normalized spacial score (nSPS) is 17.9. The molecule has 0 saturated heterocycles. The van der Waals surface area contributed by atoms with Crippen LogP contribution in [0.3, 0.4) is 0 Å². The molecule has 2 rings (SSSR count). The molecule has 5 heteroatoms. The van der Waals surface area contributed by atoms with Gasteiger partial charge in [-0.3, -0.25) is 14.3 Å². The minimum absolute atomic E-state index is 0.0394. The molecule has 0 spiro atoms. The summed E-state index contributed by atoms with van der Waals surface area (Å²) in [5, 5.41) is 0. The number of rotatable bonds is 1. The van der Waals surface area contributed by atoms with Gasteiger partial charge in [0.15, 0.2) is 0 Å². The molecule has 0 bridgehead atoms. The summed E-state index contributed by atoms with van der Waals surface area (Å²) in [4.78, 5) is 24.2. The second-order valence-electron chi connectivity index (χ2n) is 3.94. The van der Waals surface area contributed by atoms with Gasteiger partial charge < -0.3 is 0 Å². The number of H-pyrrole nitrogens is 1. The number of halogens is 1. The van der Waals surface area contributed by atoms with E-state index in [0.29, 0.717) is 0 Å². The number of nitrogens with one attached hydrogen (secondary N) is 1. The summed E-state index contributed by atoms with van der Waals surface area (Å²) in [6.45, 7) is 0. The molecule has 1 fully saturated rings. The predicted molar refractivity (Wildman–Crippen MR) is 53.4 cm³/mol.